The molecule has 1 aromatic rings. The fourth-order valence-electron chi connectivity index (χ4n) is 1.62. The molecule has 0 aromatic heterocycles. The second kappa shape index (κ2) is 8.05. The minimum Gasteiger partial charge on any atom is -0.373 e. The fraction of sp³-hybridized carbons (Fsp3) is 0.538. The van der Waals surface area contributed by atoms with Crippen LogP contribution >= 0.6 is 15.9 Å². The van der Waals surface area contributed by atoms with Gasteiger partial charge < -0.3 is 10.1 Å². The largest absolute Gasteiger partial charge is 0.373 e. The van der Waals surface area contributed by atoms with Crippen LogP contribution in [0.3, 0.4) is 0 Å². The van der Waals surface area contributed by atoms with E-state index in [1.807, 2.05) is 0 Å². The third-order valence-corrected chi connectivity index (χ3v) is 3.73. The van der Waals surface area contributed by atoms with E-state index in [2.05, 4.69) is 26.0 Å². The van der Waals surface area contributed by atoms with Crippen molar-refractivity contribution in [2.45, 2.75) is 24.8 Å². The predicted octanol–water partition coefficient (Wildman–Crippen LogP) is 3.64. The van der Waals surface area contributed by atoms with Gasteiger partial charge in [-0.1, -0.05) is 12.1 Å². The Morgan fingerprint density at radius 1 is 1.33 bits per heavy atom. The zero-order valence-electron chi connectivity index (χ0n) is 11.2. The highest BCUT2D eigenvalue weighted by Crippen LogP contribution is 2.24. The molecule has 0 saturated heterocycles. The van der Waals surface area contributed by atoms with Gasteiger partial charge in [0.05, 0.1) is 11.1 Å². The standard InChI is InChI=1S/C13H15BrF5NO/c1-20-9(6-21-7-13(18,19)12(16)17)5-8-3-2-4-10(15)11(8)14/h2-4,9,12,20H,5-7H2,1H3. The molecule has 0 aliphatic rings. The number of hydrogen-bond donors (Lipinski definition) is 1. The zero-order chi connectivity index (χ0) is 16.0. The molecule has 0 aliphatic heterocycles. The van der Waals surface area contributed by atoms with Gasteiger partial charge in [0.1, 0.15) is 12.4 Å². The first-order chi connectivity index (χ1) is 9.77. The zero-order valence-corrected chi connectivity index (χ0v) is 12.8. The van der Waals surface area contributed by atoms with E-state index in [1.54, 1.807) is 13.1 Å². The van der Waals surface area contributed by atoms with E-state index in [9.17, 15) is 22.0 Å². The SMILES string of the molecule is CNC(COCC(F)(F)C(F)F)Cc1cccc(F)c1Br. The van der Waals surface area contributed by atoms with Crippen molar-refractivity contribution in [2.75, 3.05) is 20.3 Å². The first kappa shape index (κ1) is 18.3. The van der Waals surface area contributed by atoms with Crippen molar-refractivity contribution in [1.82, 2.24) is 5.32 Å². The van der Waals surface area contributed by atoms with Crippen molar-refractivity contribution in [1.29, 1.82) is 0 Å². The third-order valence-electron chi connectivity index (χ3n) is 2.84. The first-order valence-electron chi connectivity index (χ1n) is 6.11. The summed E-state index contributed by atoms with van der Waals surface area (Å²) in [4.78, 5) is 0. The smallest absolute Gasteiger partial charge is 0.330 e. The quantitative estimate of drug-likeness (QED) is 0.700. The number of hydrogen-bond acceptors (Lipinski definition) is 2. The maximum Gasteiger partial charge on any atom is 0.330 e. The van der Waals surface area contributed by atoms with E-state index in [4.69, 9.17) is 0 Å². The molecule has 0 heterocycles. The van der Waals surface area contributed by atoms with Gasteiger partial charge in [-0.15, -0.1) is 0 Å². The molecule has 120 valence electrons. The molecule has 1 N–H and O–H groups in total. The van der Waals surface area contributed by atoms with Gasteiger partial charge in [0, 0.05) is 6.04 Å². The topological polar surface area (TPSA) is 21.3 Å². The summed E-state index contributed by atoms with van der Waals surface area (Å²) in [5, 5.41) is 2.81. The van der Waals surface area contributed by atoms with Crippen molar-refractivity contribution >= 4 is 15.9 Å². The number of benzene rings is 1. The molecule has 0 amide bonds. The van der Waals surface area contributed by atoms with Crippen LogP contribution in [0.15, 0.2) is 22.7 Å². The van der Waals surface area contributed by atoms with Crippen LogP contribution in [0.25, 0.3) is 0 Å². The summed E-state index contributed by atoms with van der Waals surface area (Å²) >= 11 is 3.09. The summed E-state index contributed by atoms with van der Waals surface area (Å²) < 4.78 is 67.6. The summed E-state index contributed by atoms with van der Waals surface area (Å²) in [6.07, 6.45) is -3.46. The molecule has 8 heteroatoms. The summed E-state index contributed by atoms with van der Waals surface area (Å²) in [6.45, 7) is -1.55. The maximum atomic E-state index is 13.3. The molecule has 1 aromatic carbocycles. The molecule has 21 heavy (non-hydrogen) atoms. The summed E-state index contributed by atoms with van der Waals surface area (Å²) in [5.41, 5.74) is 0.624. The van der Waals surface area contributed by atoms with E-state index >= 15 is 0 Å². The Bertz CT molecular complexity index is 458. The van der Waals surface area contributed by atoms with Gasteiger partial charge in [-0.05, 0) is 41.0 Å². The van der Waals surface area contributed by atoms with Crippen LogP contribution in [-0.4, -0.2) is 38.7 Å². The van der Waals surface area contributed by atoms with E-state index in [0.29, 0.717) is 12.0 Å². The molecule has 2 nitrogen and oxygen atoms in total. The molecule has 1 rings (SSSR count). The van der Waals surface area contributed by atoms with E-state index in [1.165, 1.54) is 12.1 Å². The van der Waals surface area contributed by atoms with Crippen molar-refractivity contribution < 1.29 is 26.7 Å². The first-order valence-corrected chi connectivity index (χ1v) is 6.91. The Balaban J connectivity index is 2.55. The van der Waals surface area contributed by atoms with Crippen molar-refractivity contribution in [3.63, 3.8) is 0 Å². The number of halogens is 6. The Labute approximate surface area is 127 Å². The second-order valence-electron chi connectivity index (χ2n) is 4.48. The van der Waals surface area contributed by atoms with Gasteiger partial charge in [-0.3, -0.25) is 0 Å². The monoisotopic (exact) mass is 375 g/mol. The van der Waals surface area contributed by atoms with Crippen LogP contribution < -0.4 is 5.32 Å². The average molecular weight is 376 g/mol. The van der Waals surface area contributed by atoms with Crippen molar-refractivity contribution in [3.05, 3.63) is 34.1 Å². The summed E-state index contributed by atoms with van der Waals surface area (Å²) in [5.74, 6) is -4.61. The van der Waals surface area contributed by atoms with Crippen LogP contribution in [0.2, 0.25) is 0 Å². The minimum atomic E-state index is -4.17. The third kappa shape index (κ3) is 5.52. The Morgan fingerprint density at radius 3 is 2.57 bits per heavy atom. The second-order valence-corrected chi connectivity index (χ2v) is 5.27. The Morgan fingerprint density at radius 2 is 2.00 bits per heavy atom. The molecule has 0 radical (unpaired) electrons. The van der Waals surface area contributed by atoms with Gasteiger partial charge in [-0.25, -0.2) is 13.2 Å². The lowest BCUT2D eigenvalue weighted by molar-refractivity contribution is -0.166. The molecule has 0 spiro atoms. The average Bonchev–Trinajstić information content (AvgIpc) is 2.42. The van der Waals surface area contributed by atoms with Gasteiger partial charge in [0.25, 0.3) is 0 Å². The van der Waals surface area contributed by atoms with Crippen LogP contribution in [0.5, 0.6) is 0 Å². The maximum absolute atomic E-state index is 13.3. The lowest BCUT2D eigenvalue weighted by atomic mass is 10.1. The molecule has 0 aliphatic carbocycles. The van der Waals surface area contributed by atoms with E-state index in [0.717, 1.165) is 0 Å². The summed E-state index contributed by atoms with van der Waals surface area (Å²) in [7, 11) is 1.58. The van der Waals surface area contributed by atoms with E-state index < -0.39 is 30.8 Å². The van der Waals surface area contributed by atoms with Crippen molar-refractivity contribution in [2.24, 2.45) is 0 Å². The highest BCUT2D eigenvalue weighted by molar-refractivity contribution is 9.10. The minimum absolute atomic E-state index is 0.193. The molecule has 0 fully saturated rings. The molecular formula is C13H15BrF5NO. The van der Waals surface area contributed by atoms with Crippen molar-refractivity contribution in [3.8, 4) is 0 Å². The van der Waals surface area contributed by atoms with Crippen LogP contribution in [0.4, 0.5) is 22.0 Å². The molecule has 1 atom stereocenters. The molecule has 0 saturated carbocycles. The van der Waals surface area contributed by atoms with Gasteiger partial charge >= 0.3 is 12.3 Å². The predicted molar refractivity (Wildman–Crippen MR) is 72.4 cm³/mol. The Kier molecular flexibility index (Phi) is 7.02. The number of nitrogens with one attached hydrogen (secondary N) is 1. The fourth-order valence-corrected chi connectivity index (χ4v) is 2.04. The summed E-state index contributed by atoms with van der Waals surface area (Å²) in [6, 6.07) is 4.07. The van der Waals surface area contributed by atoms with Crippen LogP contribution in [0.1, 0.15) is 5.56 Å². The number of ether oxygens (including phenoxy) is 1. The highest BCUT2D eigenvalue weighted by Gasteiger charge is 2.41. The number of alkyl halides is 4. The van der Waals surface area contributed by atoms with E-state index in [-0.39, 0.29) is 11.1 Å². The number of rotatable bonds is 8. The normalized spacial score (nSPS) is 13.7. The molecule has 0 bridgehead atoms. The Hall–Kier alpha value is -0.730. The van der Waals surface area contributed by atoms with Gasteiger partial charge in [-0.2, -0.15) is 8.78 Å². The molecule has 1 unspecified atom stereocenters. The molecular weight excluding hydrogens is 361 g/mol. The number of likely N-dealkylation sites (N-methyl/N-ethyl adjacent to an activating group) is 1. The highest BCUT2D eigenvalue weighted by atomic mass is 79.9. The van der Waals surface area contributed by atoms with Gasteiger partial charge in [0.15, 0.2) is 0 Å². The van der Waals surface area contributed by atoms with Crippen LogP contribution in [-0.2, 0) is 11.2 Å². The lowest BCUT2D eigenvalue weighted by Gasteiger charge is -2.20. The van der Waals surface area contributed by atoms with Gasteiger partial charge in [0.2, 0.25) is 0 Å². The van der Waals surface area contributed by atoms with Crippen LogP contribution in [0, 0.1) is 5.82 Å². The lowest BCUT2D eigenvalue weighted by Crippen LogP contribution is -2.37.